The molecule has 0 atom stereocenters. The highest BCUT2D eigenvalue weighted by atomic mass is 16.2. The Morgan fingerprint density at radius 2 is 1.84 bits per heavy atom. The fraction of sp³-hybridized carbons (Fsp3) is 0.588. The quantitative estimate of drug-likeness (QED) is 0.831. The number of hydrogen-bond donors (Lipinski definition) is 0. The molecular weight excluding hydrogens is 318 g/mol. The van der Waals surface area contributed by atoms with Gasteiger partial charge in [0.05, 0.1) is 0 Å². The minimum absolute atomic E-state index is 0.167. The molecule has 0 aromatic carbocycles. The average molecular weight is 341 g/mol. The molecule has 1 aliphatic heterocycles. The van der Waals surface area contributed by atoms with E-state index in [1.54, 1.807) is 11.0 Å². The molecule has 25 heavy (non-hydrogen) atoms. The predicted octanol–water partition coefficient (Wildman–Crippen LogP) is 1.08. The molecule has 1 saturated heterocycles. The van der Waals surface area contributed by atoms with E-state index >= 15 is 0 Å². The van der Waals surface area contributed by atoms with E-state index < -0.39 is 5.54 Å². The van der Waals surface area contributed by atoms with Crippen molar-refractivity contribution in [3.8, 4) is 0 Å². The number of nitrogens with zero attached hydrogens (tertiary/aromatic N) is 7. The smallest absolute Gasteiger partial charge is 0.250 e. The Bertz CT molecular complexity index is 689. The largest absolute Gasteiger partial charge is 0.353 e. The summed E-state index contributed by atoms with van der Waals surface area (Å²) in [6, 6.07) is 5.93. The normalized spacial score (nSPS) is 20.5. The van der Waals surface area contributed by atoms with Crippen molar-refractivity contribution < 1.29 is 4.79 Å². The van der Waals surface area contributed by atoms with Gasteiger partial charge in [-0.25, -0.2) is 9.67 Å². The summed E-state index contributed by atoms with van der Waals surface area (Å²) in [6.45, 7) is 3.02. The molecule has 1 aliphatic carbocycles. The van der Waals surface area contributed by atoms with Crippen molar-refractivity contribution >= 4 is 11.7 Å². The van der Waals surface area contributed by atoms with E-state index in [4.69, 9.17) is 0 Å². The van der Waals surface area contributed by atoms with E-state index in [1.165, 1.54) is 6.42 Å². The van der Waals surface area contributed by atoms with Crippen LogP contribution in [0.3, 0.4) is 0 Å². The Balaban J connectivity index is 1.49. The molecule has 0 spiro atoms. The van der Waals surface area contributed by atoms with Gasteiger partial charge in [0.2, 0.25) is 0 Å². The van der Waals surface area contributed by atoms with Gasteiger partial charge in [-0.15, -0.1) is 5.10 Å². The molecule has 3 heterocycles. The van der Waals surface area contributed by atoms with E-state index in [0.29, 0.717) is 13.1 Å². The van der Waals surface area contributed by atoms with Crippen LogP contribution in [0, 0.1) is 0 Å². The average Bonchev–Trinajstić information content (AvgIpc) is 3.24. The lowest BCUT2D eigenvalue weighted by molar-refractivity contribution is -0.144. The third-order valence-electron chi connectivity index (χ3n) is 5.41. The summed E-state index contributed by atoms with van der Waals surface area (Å²) in [5.74, 6) is 1.14. The van der Waals surface area contributed by atoms with Crippen LogP contribution in [0.2, 0.25) is 0 Å². The van der Waals surface area contributed by atoms with Gasteiger partial charge in [-0.1, -0.05) is 25.3 Å². The van der Waals surface area contributed by atoms with Crippen LogP contribution in [0.5, 0.6) is 0 Å². The fourth-order valence-electron chi connectivity index (χ4n) is 4.01. The zero-order valence-electron chi connectivity index (χ0n) is 14.3. The van der Waals surface area contributed by atoms with Crippen LogP contribution >= 0.6 is 0 Å². The molecule has 1 amide bonds. The lowest BCUT2D eigenvalue weighted by Crippen LogP contribution is -2.57. The van der Waals surface area contributed by atoms with Gasteiger partial charge in [0.15, 0.2) is 0 Å². The first-order valence-corrected chi connectivity index (χ1v) is 8.98. The van der Waals surface area contributed by atoms with Crippen LogP contribution in [0.25, 0.3) is 0 Å². The standard InChI is InChI=1S/C17H23N7O/c25-16(17(7-3-1-4-8-17)24-14-19-20-21-24)23-12-10-22(11-13-23)15-6-2-5-9-18-15/h2,5-6,9,14H,1,3-4,7-8,10-13H2. The second kappa shape index (κ2) is 6.78. The number of pyridine rings is 1. The first-order chi connectivity index (χ1) is 12.3. The third kappa shape index (κ3) is 2.96. The molecule has 8 heteroatoms. The summed E-state index contributed by atoms with van der Waals surface area (Å²) in [5, 5.41) is 11.6. The number of aromatic nitrogens is 5. The summed E-state index contributed by atoms with van der Waals surface area (Å²) in [5.41, 5.74) is -0.602. The molecule has 0 radical (unpaired) electrons. The summed E-state index contributed by atoms with van der Waals surface area (Å²) < 4.78 is 1.69. The van der Waals surface area contributed by atoms with Crippen molar-refractivity contribution in [2.45, 2.75) is 37.6 Å². The van der Waals surface area contributed by atoms with Gasteiger partial charge in [0, 0.05) is 32.4 Å². The molecule has 0 unspecified atom stereocenters. The highest BCUT2D eigenvalue weighted by Crippen LogP contribution is 2.36. The van der Waals surface area contributed by atoms with Crippen LogP contribution in [0.15, 0.2) is 30.7 Å². The van der Waals surface area contributed by atoms with Gasteiger partial charge in [0.25, 0.3) is 5.91 Å². The molecule has 4 rings (SSSR count). The Morgan fingerprint density at radius 3 is 2.48 bits per heavy atom. The zero-order valence-corrected chi connectivity index (χ0v) is 14.3. The lowest BCUT2D eigenvalue weighted by atomic mass is 9.80. The van der Waals surface area contributed by atoms with Crippen LogP contribution < -0.4 is 4.90 Å². The van der Waals surface area contributed by atoms with Gasteiger partial charge < -0.3 is 9.80 Å². The summed E-state index contributed by atoms with van der Waals surface area (Å²) in [4.78, 5) is 22.0. The summed E-state index contributed by atoms with van der Waals surface area (Å²) >= 11 is 0. The van der Waals surface area contributed by atoms with Crippen molar-refractivity contribution in [2.24, 2.45) is 0 Å². The third-order valence-corrected chi connectivity index (χ3v) is 5.41. The van der Waals surface area contributed by atoms with Crippen molar-refractivity contribution in [1.82, 2.24) is 30.1 Å². The molecule has 2 fully saturated rings. The summed E-state index contributed by atoms with van der Waals surface area (Å²) in [7, 11) is 0. The highest BCUT2D eigenvalue weighted by Gasteiger charge is 2.45. The Labute approximate surface area is 146 Å². The molecule has 8 nitrogen and oxygen atoms in total. The molecule has 2 aliphatic rings. The predicted molar refractivity (Wildman–Crippen MR) is 91.9 cm³/mol. The maximum atomic E-state index is 13.4. The van der Waals surface area contributed by atoms with Gasteiger partial charge in [0.1, 0.15) is 17.7 Å². The van der Waals surface area contributed by atoms with Gasteiger partial charge in [-0.05, 0) is 35.4 Å². The van der Waals surface area contributed by atoms with Crippen LogP contribution in [-0.2, 0) is 10.3 Å². The van der Waals surface area contributed by atoms with E-state index in [-0.39, 0.29) is 5.91 Å². The minimum Gasteiger partial charge on any atom is -0.353 e. The highest BCUT2D eigenvalue weighted by molar-refractivity contribution is 5.84. The molecule has 0 bridgehead atoms. The minimum atomic E-state index is -0.602. The number of piperazine rings is 1. The number of tetrazole rings is 1. The summed E-state index contributed by atoms with van der Waals surface area (Å²) in [6.07, 6.45) is 8.28. The molecular formula is C17H23N7O. The van der Waals surface area contributed by atoms with Crippen molar-refractivity contribution in [1.29, 1.82) is 0 Å². The second-order valence-electron chi connectivity index (χ2n) is 6.81. The van der Waals surface area contributed by atoms with E-state index in [0.717, 1.165) is 44.6 Å². The number of anilines is 1. The number of carbonyl (C=O) groups excluding carboxylic acids is 1. The van der Waals surface area contributed by atoms with Crippen molar-refractivity contribution in [3.63, 3.8) is 0 Å². The van der Waals surface area contributed by atoms with Crippen molar-refractivity contribution in [3.05, 3.63) is 30.7 Å². The molecule has 1 saturated carbocycles. The van der Waals surface area contributed by atoms with Crippen LogP contribution in [0.1, 0.15) is 32.1 Å². The van der Waals surface area contributed by atoms with Gasteiger partial charge in [-0.2, -0.15) is 0 Å². The zero-order chi connectivity index (χ0) is 17.1. The first-order valence-electron chi connectivity index (χ1n) is 8.98. The Kier molecular flexibility index (Phi) is 4.33. The van der Waals surface area contributed by atoms with Crippen LogP contribution in [-0.4, -0.2) is 62.2 Å². The number of rotatable bonds is 3. The maximum Gasteiger partial charge on any atom is 0.250 e. The van der Waals surface area contributed by atoms with E-state index in [1.807, 2.05) is 29.3 Å². The van der Waals surface area contributed by atoms with Gasteiger partial charge in [-0.3, -0.25) is 4.79 Å². The van der Waals surface area contributed by atoms with Gasteiger partial charge >= 0.3 is 0 Å². The molecule has 2 aromatic rings. The number of hydrogen-bond acceptors (Lipinski definition) is 6. The van der Waals surface area contributed by atoms with E-state index in [9.17, 15) is 4.79 Å². The fourth-order valence-corrected chi connectivity index (χ4v) is 4.01. The molecule has 0 N–H and O–H groups in total. The van der Waals surface area contributed by atoms with Crippen molar-refractivity contribution in [2.75, 3.05) is 31.1 Å². The first kappa shape index (κ1) is 16.0. The van der Waals surface area contributed by atoms with E-state index in [2.05, 4.69) is 25.4 Å². The molecule has 132 valence electrons. The topological polar surface area (TPSA) is 80.0 Å². The Morgan fingerprint density at radius 1 is 1.04 bits per heavy atom. The Hall–Kier alpha value is -2.51. The molecule has 2 aromatic heterocycles. The monoisotopic (exact) mass is 341 g/mol. The lowest BCUT2D eigenvalue weighted by Gasteiger charge is -2.42. The maximum absolute atomic E-state index is 13.4. The number of carbonyl (C=O) groups is 1. The SMILES string of the molecule is O=C(N1CCN(c2ccccn2)CC1)C1(n2cnnn2)CCCCC1. The van der Waals surface area contributed by atoms with Crippen LogP contribution in [0.4, 0.5) is 5.82 Å². The number of amides is 1. The second-order valence-corrected chi connectivity index (χ2v) is 6.81.